The van der Waals surface area contributed by atoms with Crippen molar-refractivity contribution in [1.29, 1.82) is 0 Å². The van der Waals surface area contributed by atoms with Crippen LogP contribution in [0.4, 0.5) is 0 Å². The predicted molar refractivity (Wildman–Crippen MR) is 120 cm³/mol. The molecule has 30 heavy (non-hydrogen) atoms. The maximum atomic E-state index is 10.8. The second-order valence-corrected chi connectivity index (χ2v) is 7.48. The molecule has 4 nitrogen and oxygen atoms in total. The fraction of sp³-hybridized carbons (Fsp3) is 0.0769. The van der Waals surface area contributed by atoms with Crippen LogP contribution in [-0.4, -0.2) is 21.0 Å². The number of rotatable bonds is 5. The highest BCUT2D eigenvalue weighted by atomic mass is 16.4. The lowest BCUT2D eigenvalue weighted by molar-refractivity contribution is -0.136. The highest BCUT2D eigenvalue weighted by molar-refractivity contribution is 5.96. The molecule has 5 rings (SSSR count). The number of hydrogen-bond donors (Lipinski definition) is 2. The van der Waals surface area contributed by atoms with E-state index in [0.717, 1.165) is 38.9 Å². The Bertz CT molecular complexity index is 1370. The number of aliphatic carboxylic acids is 1. The van der Waals surface area contributed by atoms with Crippen LogP contribution in [0.25, 0.3) is 44.1 Å². The molecular formula is C26H20N2O2. The van der Waals surface area contributed by atoms with Gasteiger partial charge in [0.2, 0.25) is 0 Å². The molecule has 3 aromatic carbocycles. The van der Waals surface area contributed by atoms with E-state index < -0.39 is 5.97 Å². The summed E-state index contributed by atoms with van der Waals surface area (Å²) >= 11 is 0. The highest BCUT2D eigenvalue weighted by Gasteiger charge is 2.10. The summed E-state index contributed by atoms with van der Waals surface area (Å²) in [6.45, 7) is 0. The molecule has 2 aromatic heterocycles. The summed E-state index contributed by atoms with van der Waals surface area (Å²) in [6.07, 6.45) is 4.57. The van der Waals surface area contributed by atoms with E-state index in [2.05, 4.69) is 58.5 Å². The van der Waals surface area contributed by atoms with E-state index in [4.69, 9.17) is 5.11 Å². The number of pyridine rings is 1. The number of aryl methyl sites for hydroxylation is 1. The molecule has 0 amide bonds. The monoisotopic (exact) mass is 392 g/mol. The number of aromatic nitrogens is 2. The lowest BCUT2D eigenvalue weighted by atomic mass is 9.99. The smallest absolute Gasteiger partial charge is 0.303 e. The van der Waals surface area contributed by atoms with Gasteiger partial charge in [-0.05, 0) is 46.0 Å². The maximum absolute atomic E-state index is 10.8. The molecule has 0 atom stereocenters. The van der Waals surface area contributed by atoms with E-state index in [-0.39, 0.29) is 6.42 Å². The van der Waals surface area contributed by atoms with Crippen molar-refractivity contribution in [3.63, 3.8) is 0 Å². The van der Waals surface area contributed by atoms with E-state index in [1.807, 2.05) is 36.7 Å². The third kappa shape index (κ3) is 3.44. The number of carbonyl (C=O) groups is 1. The number of nitrogens with one attached hydrogen (secondary N) is 1. The van der Waals surface area contributed by atoms with Crippen LogP contribution in [0.1, 0.15) is 12.0 Å². The molecule has 2 N–H and O–H groups in total. The standard InChI is InChI=1S/C26H20N2O2/c29-25(30)12-7-17-5-8-19(9-6-17)24-16-28-26-23(24)14-22(15-27-26)21-11-10-18-3-1-2-4-20(18)13-21/h1-6,8-11,13-16H,7,12H2,(H,27,28)(H,29,30). The average Bonchev–Trinajstić information content (AvgIpc) is 3.21. The third-order valence-corrected chi connectivity index (χ3v) is 5.51. The lowest BCUT2D eigenvalue weighted by Crippen LogP contribution is -1.97. The normalized spacial score (nSPS) is 11.2. The number of benzene rings is 3. The summed E-state index contributed by atoms with van der Waals surface area (Å²) in [6, 6.07) is 25.1. The zero-order valence-corrected chi connectivity index (χ0v) is 16.3. The van der Waals surface area contributed by atoms with Crippen LogP contribution in [0.5, 0.6) is 0 Å². The molecule has 0 saturated carbocycles. The fourth-order valence-corrected chi connectivity index (χ4v) is 3.87. The molecule has 0 unspecified atom stereocenters. The van der Waals surface area contributed by atoms with Crippen LogP contribution >= 0.6 is 0 Å². The zero-order valence-electron chi connectivity index (χ0n) is 16.3. The molecule has 4 heteroatoms. The molecule has 0 radical (unpaired) electrons. The van der Waals surface area contributed by atoms with Crippen LogP contribution in [0, 0.1) is 0 Å². The Hall–Kier alpha value is -3.92. The van der Waals surface area contributed by atoms with E-state index in [1.54, 1.807) is 0 Å². The lowest BCUT2D eigenvalue weighted by Gasteiger charge is -2.06. The second kappa shape index (κ2) is 7.48. The quantitative estimate of drug-likeness (QED) is 0.382. The van der Waals surface area contributed by atoms with E-state index >= 15 is 0 Å². The van der Waals surface area contributed by atoms with Gasteiger partial charge in [-0.1, -0.05) is 60.7 Å². The van der Waals surface area contributed by atoms with Gasteiger partial charge in [0.05, 0.1) is 0 Å². The van der Waals surface area contributed by atoms with Crippen molar-refractivity contribution in [3.8, 4) is 22.3 Å². The second-order valence-electron chi connectivity index (χ2n) is 7.48. The summed E-state index contributed by atoms with van der Waals surface area (Å²) < 4.78 is 0. The summed E-state index contributed by atoms with van der Waals surface area (Å²) in [4.78, 5) is 18.7. The Labute approximate surface area is 173 Å². The van der Waals surface area contributed by atoms with Crippen molar-refractivity contribution in [1.82, 2.24) is 9.97 Å². The first-order valence-electron chi connectivity index (χ1n) is 9.95. The molecule has 0 aliphatic heterocycles. The molecule has 5 aromatic rings. The molecular weight excluding hydrogens is 372 g/mol. The number of carboxylic acid groups (broad SMARTS) is 1. The summed E-state index contributed by atoms with van der Waals surface area (Å²) in [5, 5.41) is 12.4. The number of aromatic amines is 1. The predicted octanol–water partition coefficient (Wildman–Crippen LogP) is 6.07. The molecule has 0 spiro atoms. The van der Waals surface area contributed by atoms with Crippen LogP contribution in [-0.2, 0) is 11.2 Å². The van der Waals surface area contributed by atoms with E-state index in [0.29, 0.717) is 6.42 Å². The number of fused-ring (bicyclic) bond motifs is 2. The fourth-order valence-electron chi connectivity index (χ4n) is 3.87. The van der Waals surface area contributed by atoms with Gasteiger partial charge in [-0.25, -0.2) is 4.98 Å². The first kappa shape index (κ1) is 18.1. The van der Waals surface area contributed by atoms with Crippen molar-refractivity contribution < 1.29 is 9.90 Å². The molecule has 2 heterocycles. The minimum atomic E-state index is -0.775. The molecule has 0 aliphatic carbocycles. The summed E-state index contributed by atoms with van der Waals surface area (Å²) in [7, 11) is 0. The average molecular weight is 392 g/mol. The van der Waals surface area contributed by atoms with Crippen LogP contribution < -0.4 is 0 Å². The summed E-state index contributed by atoms with van der Waals surface area (Å²) in [5.41, 5.74) is 6.26. The van der Waals surface area contributed by atoms with Crippen molar-refractivity contribution >= 4 is 27.8 Å². The minimum absolute atomic E-state index is 0.144. The Kier molecular flexibility index (Phi) is 4.52. The van der Waals surface area contributed by atoms with Crippen molar-refractivity contribution in [2.75, 3.05) is 0 Å². The largest absolute Gasteiger partial charge is 0.481 e. The van der Waals surface area contributed by atoms with Crippen LogP contribution in [0.15, 0.2) is 85.2 Å². The maximum Gasteiger partial charge on any atom is 0.303 e. The third-order valence-electron chi connectivity index (χ3n) is 5.51. The summed E-state index contributed by atoms with van der Waals surface area (Å²) in [5.74, 6) is -0.775. The van der Waals surface area contributed by atoms with Gasteiger partial charge in [-0.15, -0.1) is 0 Å². The van der Waals surface area contributed by atoms with Gasteiger partial charge >= 0.3 is 5.97 Å². The molecule has 0 fully saturated rings. The first-order chi connectivity index (χ1) is 14.7. The Morgan fingerprint density at radius 3 is 2.43 bits per heavy atom. The SMILES string of the molecule is O=C(O)CCc1ccc(-c2c[nH]c3ncc(-c4ccc5ccccc5c4)cc23)cc1. The molecule has 146 valence electrons. The molecule has 0 bridgehead atoms. The molecule has 0 aliphatic rings. The Morgan fingerprint density at radius 2 is 1.63 bits per heavy atom. The van der Waals surface area contributed by atoms with Gasteiger partial charge in [0.25, 0.3) is 0 Å². The van der Waals surface area contributed by atoms with Crippen LogP contribution in [0.3, 0.4) is 0 Å². The van der Waals surface area contributed by atoms with E-state index in [9.17, 15) is 4.79 Å². The van der Waals surface area contributed by atoms with Gasteiger partial charge in [-0.2, -0.15) is 0 Å². The minimum Gasteiger partial charge on any atom is -0.481 e. The first-order valence-corrected chi connectivity index (χ1v) is 9.95. The molecule has 0 saturated heterocycles. The van der Waals surface area contributed by atoms with Gasteiger partial charge in [0.15, 0.2) is 0 Å². The highest BCUT2D eigenvalue weighted by Crippen LogP contribution is 2.32. The Balaban J connectivity index is 1.52. The van der Waals surface area contributed by atoms with Crippen molar-refractivity contribution in [3.05, 3.63) is 90.8 Å². The van der Waals surface area contributed by atoms with Gasteiger partial charge in [0.1, 0.15) is 5.65 Å². The topological polar surface area (TPSA) is 66.0 Å². The van der Waals surface area contributed by atoms with Gasteiger partial charge < -0.3 is 10.1 Å². The van der Waals surface area contributed by atoms with E-state index in [1.165, 1.54) is 10.8 Å². The number of carboxylic acids is 1. The Morgan fingerprint density at radius 1 is 0.867 bits per heavy atom. The van der Waals surface area contributed by atoms with Crippen LogP contribution in [0.2, 0.25) is 0 Å². The number of H-pyrrole nitrogens is 1. The van der Waals surface area contributed by atoms with Crippen molar-refractivity contribution in [2.24, 2.45) is 0 Å². The van der Waals surface area contributed by atoms with Crippen molar-refractivity contribution in [2.45, 2.75) is 12.8 Å². The van der Waals surface area contributed by atoms with Gasteiger partial charge in [-0.3, -0.25) is 4.79 Å². The number of hydrogen-bond acceptors (Lipinski definition) is 2. The number of nitrogens with zero attached hydrogens (tertiary/aromatic N) is 1. The zero-order chi connectivity index (χ0) is 20.5. The van der Waals surface area contributed by atoms with Gasteiger partial charge in [0, 0.05) is 35.3 Å².